The van der Waals surface area contributed by atoms with E-state index in [4.69, 9.17) is 0 Å². The molecule has 1 heterocycles. The molecule has 1 aliphatic heterocycles. The van der Waals surface area contributed by atoms with Gasteiger partial charge in [-0.2, -0.15) is 13.2 Å². The second-order valence-electron chi connectivity index (χ2n) is 4.45. The number of aromatic hydroxyl groups is 2. The number of piperazine rings is 1. The van der Waals surface area contributed by atoms with Gasteiger partial charge in [-0.1, -0.05) is 12.1 Å². The van der Waals surface area contributed by atoms with E-state index in [0.29, 0.717) is 13.1 Å². The van der Waals surface area contributed by atoms with E-state index in [2.05, 4.69) is 5.32 Å². The minimum atomic E-state index is -4.51. The number of nitrogens with zero attached hydrogens (tertiary/aromatic N) is 1. The van der Waals surface area contributed by atoms with Crippen molar-refractivity contribution in [3.8, 4) is 11.5 Å². The largest absolute Gasteiger partial charge is 0.504 e. The minimum absolute atomic E-state index is 0.235. The van der Waals surface area contributed by atoms with Crippen LogP contribution in [0.2, 0.25) is 0 Å². The highest BCUT2D eigenvalue weighted by molar-refractivity contribution is 5.46. The van der Waals surface area contributed by atoms with Crippen molar-refractivity contribution < 1.29 is 23.4 Å². The van der Waals surface area contributed by atoms with E-state index in [1.54, 1.807) is 0 Å². The first kappa shape index (κ1) is 14.0. The molecule has 1 aromatic rings. The van der Waals surface area contributed by atoms with E-state index in [0.717, 1.165) is 6.07 Å². The summed E-state index contributed by atoms with van der Waals surface area (Å²) in [6.45, 7) is 1.40. The normalized spacial score (nSPS) is 19.3. The van der Waals surface area contributed by atoms with Crippen LogP contribution in [-0.2, 0) is 0 Å². The van der Waals surface area contributed by atoms with Gasteiger partial charge in [0.05, 0.1) is 0 Å². The summed E-state index contributed by atoms with van der Waals surface area (Å²) in [6.07, 6.45) is -4.51. The van der Waals surface area contributed by atoms with E-state index in [1.807, 2.05) is 0 Å². The third-order valence-corrected chi connectivity index (χ3v) is 3.17. The Kier molecular flexibility index (Phi) is 3.86. The quantitative estimate of drug-likeness (QED) is 0.718. The second-order valence-corrected chi connectivity index (χ2v) is 4.45. The van der Waals surface area contributed by atoms with Gasteiger partial charge in [-0.3, -0.25) is 4.90 Å². The second kappa shape index (κ2) is 5.26. The fraction of sp³-hybridized carbons (Fsp3) is 0.500. The van der Waals surface area contributed by atoms with Crippen molar-refractivity contribution in [3.05, 3.63) is 23.8 Å². The summed E-state index contributed by atoms with van der Waals surface area (Å²) in [5.41, 5.74) is -0.311. The van der Waals surface area contributed by atoms with E-state index in [-0.39, 0.29) is 18.7 Å². The number of hydrogen-bond donors (Lipinski definition) is 3. The number of phenols is 2. The van der Waals surface area contributed by atoms with Crippen molar-refractivity contribution in [1.82, 2.24) is 10.2 Å². The van der Waals surface area contributed by atoms with Gasteiger partial charge in [-0.05, 0) is 6.07 Å². The highest BCUT2D eigenvalue weighted by Gasteiger charge is 2.46. The molecule has 1 fully saturated rings. The molecule has 0 amide bonds. The average molecular weight is 276 g/mol. The minimum Gasteiger partial charge on any atom is -0.504 e. The van der Waals surface area contributed by atoms with Crippen LogP contribution in [0.5, 0.6) is 11.5 Å². The summed E-state index contributed by atoms with van der Waals surface area (Å²) >= 11 is 0. The van der Waals surface area contributed by atoms with E-state index >= 15 is 0 Å². The number of hydrogen-bond acceptors (Lipinski definition) is 4. The molecule has 3 N–H and O–H groups in total. The van der Waals surface area contributed by atoms with Gasteiger partial charge < -0.3 is 15.5 Å². The first-order valence-electron chi connectivity index (χ1n) is 5.93. The SMILES string of the molecule is Oc1cccc([C@@H](N2CCNCC2)C(F)(F)F)c1O. The fourth-order valence-corrected chi connectivity index (χ4v) is 2.29. The van der Waals surface area contributed by atoms with Crippen LogP contribution in [0.3, 0.4) is 0 Å². The molecule has 0 radical (unpaired) electrons. The first-order chi connectivity index (χ1) is 8.91. The summed E-state index contributed by atoms with van der Waals surface area (Å²) in [6, 6.07) is 1.74. The third kappa shape index (κ3) is 2.93. The zero-order valence-corrected chi connectivity index (χ0v) is 10.1. The summed E-state index contributed by atoms with van der Waals surface area (Å²) in [5, 5.41) is 22.0. The molecule has 0 unspecified atom stereocenters. The lowest BCUT2D eigenvalue weighted by Crippen LogP contribution is -2.49. The van der Waals surface area contributed by atoms with Crippen LogP contribution in [0.4, 0.5) is 13.2 Å². The maximum absolute atomic E-state index is 13.2. The Bertz CT molecular complexity index is 445. The number of phenolic OH excluding ortho intramolecular Hbond substituents is 2. The Balaban J connectivity index is 2.40. The molecule has 1 aromatic carbocycles. The van der Waals surface area contributed by atoms with Crippen LogP contribution in [0.1, 0.15) is 11.6 Å². The molecule has 0 spiro atoms. The number of para-hydroxylation sites is 1. The van der Waals surface area contributed by atoms with Crippen molar-refractivity contribution in [3.63, 3.8) is 0 Å². The standard InChI is InChI=1S/C12H15F3N2O2/c13-12(14,15)11(17-6-4-16-5-7-17)8-2-1-3-9(18)10(8)19/h1-3,11,16,18-19H,4-7H2/t11-/m1/s1. The van der Waals surface area contributed by atoms with Crippen LogP contribution in [0, 0.1) is 0 Å². The number of nitrogens with one attached hydrogen (secondary N) is 1. The number of benzene rings is 1. The summed E-state index contributed by atoms with van der Waals surface area (Å²) in [4.78, 5) is 1.25. The maximum atomic E-state index is 13.2. The maximum Gasteiger partial charge on any atom is 0.408 e. The molecule has 19 heavy (non-hydrogen) atoms. The van der Waals surface area contributed by atoms with Crippen molar-refractivity contribution in [2.75, 3.05) is 26.2 Å². The summed E-state index contributed by atoms with van der Waals surface area (Å²) < 4.78 is 39.7. The molecule has 106 valence electrons. The predicted molar refractivity (Wildman–Crippen MR) is 63.0 cm³/mol. The van der Waals surface area contributed by atoms with Crippen molar-refractivity contribution >= 4 is 0 Å². The van der Waals surface area contributed by atoms with Crippen molar-refractivity contribution in [1.29, 1.82) is 0 Å². The van der Waals surface area contributed by atoms with Crippen molar-refractivity contribution in [2.45, 2.75) is 12.2 Å². The molecule has 1 saturated heterocycles. The Morgan fingerprint density at radius 1 is 1.16 bits per heavy atom. The highest BCUT2D eigenvalue weighted by Crippen LogP contribution is 2.43. The lowest BCUT2D eigenvalue weighted by atomic mass is 10.0. The van der Waals surface area contributed by atoms with Gasteiger partial charge in [0.2, 0.25) is 0 Å². The van der Waals surface area contributed by atoms with Crippen LogP contribution in [0.25, 0.3) is 0 Å². The van der Waals surface area contributed by atoms with E-state index in [9.17, 15) is 23.4 Å². The van der Waals surface area contributed by atoms with Gasteiger partial charge in [0.25, 0.3) is 0 Å². The lowest BCUT2D eigenvalue weighted by Gasteiger charge is -2.36. The molecular weight excluding hydrogens is 261 g/mol. The topological polar surface area (TPSA) is 55.7 Å². The third-order valence-electron chi connectivity index (χ3n) is 3.17. The molecule has 2 rings (SSSR count). The molecule has 0 aromatic heterocycles. The Morgan fingerprint density at radius 2 is 1.79 bits per heavy atom. The van der Waals surface area contributed by atoms with Gasteiger partial charge in [0, 0.05) is 31.7 Å². The molecule has 0 bridgehead atoms. The van der Waals surface area contributed by atoms with E-state index in [1.165, 1.54) is 17.0 Å². The van der Waals surface area contributed by atoms with E-state index < -0.39 is 23.7 Å². The summed E-state index contributed by atoms with van der Waals surface area (Å²) in [7, 11) is 0. The van der Waals surface area contributed by atoms with Gasteiger partial charge in [-0.15, -0.1) is 0 Å². The van der Waals surface area contributed by atoms with Crippen molar-refractivity contribution in [2.24, 2.45) is 0 Å². The lowest BCUT2D eigenvalue weighted by molar-refractivity contribution is -0.188. The smallest absolute Gasteiger partial charge is 0.408 e. The molecule has 1 aliphatic rings. The molecule has 7 heteroatoms. The fourth-order valence-electron chi connectivity index (χ4n) is 2.29. The Labute approximate surface area is 108 Å². The molecule has 0 aliphatic carbocycles. The average Bonchev–Trinajstić information content (AvgIpc) is 2.35. The van der Waals surface area contributed by atoms with Crippen LogP contribution < -0.4 is 5.32 Å². The van der Waals surface area contributed by atoms with Crippen LogP contribution >= 0.6 is 0 Å². The number of alkyl halides is 3. The van der Waals surface area contributed by atoms with Gasteiger partial charge in [0.15, 0.2) is 11.5 Å². The van der Waals surface area contributed by atoms with Gasteiger partial charge in [-0.25, -0.2) is 0 Å². The molecular formula is C12H15F3N2O2. The molecule has 0 saturated carbocycles. The first-order valence-corrected chi connectivity index (χ1v) is 5.93. The Hall–Kier alpha value is -1.47. The predicted octanol–water partition coefficient (Wildman–Crippen LogP) is 1.61. The molecule has 4 nitrogen and oxygen atoms in total. The van der Waals surface area contributed by atoms with Gasteiger partial charge >= 0.3 is 6.18 Å². The molecule has 1 atom stereocenters. The Morgan fingerprint density at radius 3 is 2.37 bits per heavy atom. The summed E-state index contributed by atoms with van der Waals surface area (Å²) in [5.74, 6) is -1.25. The van der Waals surface area contributed by atoms with Gasteiger partial charge in [0.1, 0.15) is 6.04 Å². The number of halogens is 3. The monoisotopic (exact) mass is 276 g/mol. The zero-order chi connectivity index (χ0) is 14.0. The highest BCUT2D eigenvalue weighted by atomic mass is 19.4. The zero-order valence-electron chi connectivity index (χ0n) is 10.1. The number of rotatable bonds is 2. The van der Waals surface area contributed by atoms with Crippen LogP contribution in [0.15, 0.2) is 18.2 Å². The van der Waals surface area contributed by atoms with Crippen LogP contribution in [-0.4, -0.2) is 47.5 Å².